The van der Waals surface area contributed by atoms with E-state index in [1.54, 1.807) is 6.07 Å². The lowest BCUT2D eigenvalue weighted by Gasteiger charge is -2.25. The van der Waals surface area contributed by atoms with Gasteiger partial charge in [-0.25, -0.2) is 4.39 Å². The van der Waals surface area contributed by atoms with Crippen molar-refractivity contribution in [3.63, 3.8) is 0 Å². The molecule has 1 aromatic carbocycles. The summed E-state index contributed by atoms with van der Waals surface area (Å²) >= 11 is 5.59. The van der Waals surface area contributed by atoms with Gasteiger partial charge in [-0.15, -0.1) is 0 Å². The molecular formula is C12H15ClFNO. The smallest absolute Gasteiger partial charge is 0.217 e. The van der Waals surface area contributed by atoms with E-state index in [-0.39, 0.29) is 10.9 Å². The van der Waals surface area contributed by atoms with Crippen LogP contribution in [-0.2, 0) is 11.2 Å². The molecule has 0 aliphatic carbocycles. The minimum Gasteiger partial charge on any atom is -0.351 e. The molecule has 4 heteroatoms. The Morgan fingerprint density at radius 3 is 2.62 bits per heavy atom. The van der Waals surface area contributed by atoms with Crippen molar-refractivity contribution in [3.8, 4) is 0 Å². The van der Waals surface area contributed by atoms with Crippen LogP contribution >= 0.6 is 11.6 Å². The van der Waals surface area contributed by atoms with E-state index in [0.29, 0.717) is 6.42 Å². The van der Waals surface area contributed by atoms with Gasteiger partial charge in [0.2, 0.25) is 5.91 Å². The van der Waals surface area contributed by atoms with Crippen molar-refractivity contribution in [3.05, 3.63) is 34.6 Å². The van der Waals surface area contributed by atoms with Gasteiger partial charge in [-0.3, -0.25) is 4.79 Å². The molecule has 0 fully saturated rings. The Bertz CT molecular complexity index is 404. The first kappa shape index (κ1) is 13.0. The van der Waals surface area contributed by atoms with Crippen LogP contribution in [0.25, 0.3) is 0 Å². The van der Waals surface area contributed by atoms with Crippen LogP contribution in [-0.4, -0.2) is 11.4 Å². The van der Waals surface area contributed by atoms with Crippen LogP contribution in [0.2, 0.25) is 5.02 Å². The standard InChI is InChI=1S/C12H15ClFNO/c1-8(16)15-12(2,3)7-9-4-5-10(13)11(14)6-9/h4-6H,7H2,1-3H3,(H,15,16). The number of halogens is 2. The van der Waals surface area contributed by atoms with E-state index in [4.69, 9.17) is 11.6 Å². The van der Waals surface area contributed by atoms with Crippen LogP contribution in [0, 0.1) is 5.82 Å². The topological polar surface area (TPSA) is 29.1 Å². The minimum absolute atomic E-state index is 0.0977. The number of amides is 1. The molecule has 0 saturated carbocycles. The molecule has 16 heavy (non-hydrogen) atoms. The van der Waals surface area contributed by atoms with Crippen molar-refractivity contribution in [1.29, 1.82) is 0 Å². The summed E-state index contributed by atoms with van der Waals surface area (Å²) in [7, 11) is 0. The first-order chi connectivity index (χ1) is 7.30. The van der Waals surface area contributed by atoms with Gasteiger partial charge in [-0.2, -0.15) is 0 Å². The Morgan fingerprint density at radius 1 is 1.50 bits per heavy atom. The third kappa shape index (κ3) is 3.81. The second kappa shape index (κ2) is 4.83. The lowest BCUT2D eigenvalue weighted by atomic mass is 9.95. The Balaban J connectivity index is 2.79. The molecule has 0 aromatic heterocycles. The number of nitrogens with one attached hydrogen (secondary N) is 1. The van der Waals surface area contributed by atoms with Crippen LogP contribution in [0.4, 0.5) is 4.39 Å². The van der Waals surface area contributed by atoms with Crippen molar-refractivity contribution in [2.45, 2.75) is 32.7 Å². The maximum atomic E-state index is 13.2. The van der Waals surface area contributed by atoms with Crippen molar-refractivity contribution >= 4 is 17.5 Å². The lowest BCUT2D eigenvalue weighted by molar-refractivity contribution is -0.120. The zero-order chi connectivity index (χ0) is 12.3. The number of hydrogen-bond donors (Lipinski definition) is 1. The summed E-state index contributed by atoms with van der Waals surface area (Å²) < 4.78 is 13.2. The molecular weight excluding hydrogens is 229 g/mol. The zero-order valence-corrected chi connectivity index (χ0v) is 10.4. The van der Waals surface area contributed by atoms with E-state index in [1.165, 1.54) is 19.1 Å². The molecule has 0 aliphatic heterocycles. The molecule has 0 spiro atoms. The second-order valence-electron chi connectivity index (χ2n) is 4.49. The molecule has 0 bridgehead atoms. The van der Waals surface area contributed by atoms with Crippen molar-refractivity contribution in [2.75, 3.05) is 0 Å². The van der Waals surface area contributed by atoms with Crippen LogP contribution in [0.5, 0.6) is 0 Å². The molecule has 0 atom stereocenters. The average Bonchev–Trinajstić information content (AvgIpc) is 2.08. The van der Waals surface area contributed by atoms with Crippen LogP contribution < -0.4 is 5.32 Å². The fourth-order valence-corrected chi connectivity index (χ4v) is 1.80. The molecule has 1 aromatic rings. The summed E-state index contributed by atoms with van der Waals surface area (Å²) in [6.45, 7) is 5.24. The normalized spacial score (nSPS) is 11.3. The van der Waals surface area contributed by atoms with Crippen LogP contribution in [0.15, 0.2) is 18.2 Å². The van der Waals surface area contributed by atoms with Crippen molar-refractivity contribution in [2.24, 2.45) is 0 Å². The fraction of sp³-hybridized carbons (Fsp3) is 0.417. The minimum atomic E-state index is -0.433. The maximum Gasteiger partial charge on any atom is 0.217 e. The average molecular weight is 244 g/mol. The summed E-state index contributed by atoms with van der Waals surface area (Å²) in [5.74, 6) is -0.530. The highest BCUT2D eigenvalue weighted by Crippen LogP contribution is 2.19. The molecule has 1 rings (SSSR count). The highest BCUT2D eigenvalue weighted by Gasteiger charge is 2.19. The highest BCUT2D eigenvalue weighted by atomic mass is 35.5. The lowest BCUT2D eigenvalue weighted by Crippen LogP contribution is -2.44. The molecule has 88 valence electrons. The van der Waals surface area contributed by atoms with Gasteiger partial charge in [-0.05, 0) is 38.0 Å². The predicted octanol–water partition coefficient (Wildman–Crippen LogP) is 2.94. The molecule has 0 aliphatic rings. The maximum absolute atomic E-state index is 13.2. The quantitative estimate of drug-likeness (QED) is 0.869. The summed E-state index contributed by atoms with van der Waals surface area (Å²) in [4.78, 5) is 11.0. The first-order valence-corrected chi connectivity index (χ1v) is 5.41. The van der Waals surface area contributed by atoms with E-state index < -0.39 is 11.4 Å². The predicted molar refractivity (Wildman–Crippen MR) is 63.0 cm³/mol. The third-order valence-electron chi connectivity index (χ3n) is 2.14. The van der Waals surface area contributed by atoms with Gasteiger partial charge in [0, 0.05) is 12.5 Å². The van der Waals surface area contributed by atoms with E-state index in [9.17, 15) is 9.18 Å². The highest BCUT2D eigenvalue weighted by molar-refractivity contribution is 6.30. The molecule has 1 N–H and O–H groups in total. The van der Waals surface area contributed by atoms with E-state index in [2.05, 4.69) is 5.32 Å². The second-order valence-corrected chi connectivity index (χ2v) is 4.90. The van der Waals surface area contributed by atoms with Gasteiger partial charge in [0.25, 0.3) is 0 Å². The van der Waals surface area contributed by atoms with E-state index in [1.807, 2.05) is 13.8 Å². The molecule has 0 heterocycles. The first-order valence-electron chi connectivity index (χ1n) is 5.03. The van der Waals surface area contributed by atoms with Crippen LogP contribution in [0.3, 0.4) is 0 Å². The Labute approximate surface area is 99.8 Å². The summed E-state index contributed by atoms with van der Waals surface area (Å²) in [5.41, 5.74) is 0.409. The van der Waals surface area contributed by atoms with Crippen molar-refractivity contribution in [1.82, 2.24) is 5.32 Å². The van der Waals surface area contributed by atoms with Gasteiger partial charge in [0.15, 0.2) is 0 Å². The Morgan fingerprint density at radius 2 is 2.12 bits per heavy atom. The molecule has 0 saturated heterocycles. The summed E-state index contributed by atoms with van der Waals surface area (Å²) in [6.07, 6.45) is 0.556. The summed E-state index contributed by atoms with van der Waals surface area (Å²) in [6, 6.07) is 4.68. The molecule has 1 amide bonds. The zero-order valence-electron chi connectivity index (χ0n) is 9.60. The van der Waals surface area contributed by atoms with Crippen molar-refractivity contribution < 1.29 is 9.18 Å². The van der Waals surface area contributed by atoms with Crippen LogP contribution in [0.1, 0.15) is 26.3 Å². The number of benzene rings is 1. The SMILES string of the molecule is CC(=O)NC(C)(C)Cc1ccc(Cl)c(F)c1. The Hall–Kier alpha value is -1.09. The van der Waals surface area contributed by atoms with E-state index >= 15 is 0 Å². The van der Waals surface area contributed by atoms with E-state index in [0.717, 1.165) is 5.56 Å². The Kier molecular flexibility index (Phi) is 3.92. The summed E-state index contributed by atoms with van der Waals surface area (Å²) in [5, 5.41) is 2.92. The molecule has 0 radical (unpaired) electrons. The molecule has 0 unspecified atom stereocenters. The number of hydrogen-bond acceptors (Lipinski definition) is 1. The largest absolute Gasteiger partial charge is 0.351 e. The van der Waals surface area contributed by atoms with Gasteiger partial charge in [0.1, 0.15) is 5.82 Å². The third-order valence-corrected chi connectivity index (χ3v) is 2.45. The number of rotatable bonds is 3. The monoisotopic (exact) mass is 243 g/mol. The van der Waals surface area contributed by atoms with Gasteiger partial charge in [-0.1, -0.05) is 17.7 Å². The van der Waals surface area contributed by atoms with Gasteiger partial charge < -0.3 is 5.32 Å². The number of carbonyl (C=O) groups is 1. The number of carbonyl (C=O) groups excluding carboxylic acids is 1. The van der Waals surface area contributed by atoms with Gasteiger partial charge in [0.05, 0.1) is 5.02 Å². The molecule has 2 nitrogen and oxygen atoms in total. The fourth-order valence-electron chi connectivity index (χ4n) is 1.68. The van der Waals surface area contributed by atoms with Gasteiger partial charge >= 0.3 is 0 Å².